The average molecular weight is 363 g/mol. The van der Waals surface area contributed by atoms with Crippen LogP contribution in [0.25, 0.3) is 44.3 Å². The largest absolute Gasteiger partial charge is 0.455 e. The van der Waals surface area contributed by atoms with Crippen molar-refractivity contribution >= 4 is 21.9 Å². The first kappa shape index (κ1) is 16.8. The number of nitrogens with zero attached hydrogens (tertiary/aromatic N) is 1. The smallest absolute Gasteiger partial charge is 0.144 e. The molecule has 2 nitrogen and oxygen atoms in total. The highest BCUT2D eigenvalue weighted by molar-refractivity contribution is 6.09. The lowest BCUT2D eigenvalue weighted by Gasteiger charge is -2.12. The van der Waals surface area contributed by atoms with Crippen LogP contribution in [0.1, 0.15) is 16.7 Å². The normalized spacial score (nSPS) is 11.4. The fourth-order valence-corrected chi connectivity index (χ4v) is 4.32. The summed E-state index contributed by atoms with van der Waals surface area (Å²) in [4.78, 5) is 4.67. The number of aromatic nitrogens is 1. The summed E-state index contributed by atoms with van der Waals surface area (Å²) in [6.07, 6.45) is 1.89. The molecule has 0 atom stereocenters. The molecule has 0 aliphatic heterocycles. The maximum atomic E-state index is 6.21. The molecule has 0 radical (unpaired) electrons. The van der Waals surface area contributed by atoms with E-state index in [9.17, 15) is 0 Å². The van der Waals surface area contributed by atoms with Crippen molar-refractivity contribution < 1.29 is 4.42 Å². The Morgan fingerprint density at radius 1 is 0.750 bits per heavy atom. The lowest BCUT2D eigenvalue weighted by molar-refractivity contribution is 0.670. The zero-order valence-corrected chi connectivity index (χ0v) is 16.3. The molecule has 5 rings (SSSR count). The second kappa shape index (κ2) is 6.35. The summed E-state index contributed by atoms with van der Waals surface area (Å²) in [5, 5.41) is 2.27. The molecule has 0 aliphatic carbocycles. The lowest BCUT2D eigenvalue weighted by Crippen LogP contribution is -1.92. The number of rotatable bonds is 2. The number of hydrogen-bond acceptors (Lipinski definition) is 2. The van der Waals surface area contributed by atoms with Crippen molar-refractivity contribution in [3.63, 3.8) is 0 Å². The summed E-state index contributed by atoms with van der Waals surface area (Å²) in [6.45, 7) is 6.49. The number of para-hydroxylation sites is 2. The van der Waals surface area contributed by atoms with E-state index in [1.807, 2.05) is 24.4 Å². The Hall–Kier alpha value is -3.39. The van der Waals surface area contributed by atoms with Gasteiger partial charge in [-0.1, -0.05) is 48.0 Å². The molecule has 0 spiro atoms. The highest BCUT2D eigenvalue weighted by Crippen LogP contribution is 2.36. The molecule has 0 bridgehead atoms. The first-order chi connectivity index (χ1) is 13.6. The average Bonchev–Trinajstić information content (AvgIpc) is 3.06. The maximum Gasteiger partial charge on any atom is 0.144 e. The van der Waals surface area contributed by atoms with Crippen LogP contribution < -0.4 is 0 Å². The minimum absolute atomic E-state index is 0.894. The Labute approximate surface area is 164 Å². The fourth-order valence-electron chi connectivity index (χ4n) is 4.32. The molecule has 136 valence electrons. The van der Waals surface area contributed by atoms with Crippen LogP contribution in [0.15, 0.2) is 77.3 Å². The summed E-state index contributed by atoms with van der Waals surface area (Å²) in [6, 6.07) is 23.2. The van der Waals surface area contributed by atoms with Crippen molar-refractivity contribution in [2.45, 2.75) is 20.8 Å². The Morgan fingerprint density at radius 2 is 1.50 bits per heavy atom. The minimum Gasteiger partial charge on any atom is -0.455 e. The number of hydrogen-bond donors (Lipinski definition) is 0. The van der Waals surface area contributed by atoms with Crippen molar-refractivity contribution in [1.82, 2.24) is 4.98 Å². The van der Waals surface area contributed by atoms with E-state index in [0.717, 1.165) is 33.2 Å². The van der Waals surface area contributed by atoms with Gasteiger partial charge in [-0.25, -0.2) is 0 Å². The Balaban J connectivity index is 1.73. The summed E-state index contributed by atoms with van der Waals surface area (Å²) in [5.74, 6) is 0. The van der Waals surface area contributed by atoms with Gasteiger partial charge in [0.05, 0.1) is 5.69 Å². The Bertz CT molecular complexity index is 1320. The van der Waals surface area contributed by atoms with Crippen LogP contribution in [0.5, 0.6) is 0 Å². The quantitative estimate of drug-likeness (QED) is 0.330. The molecule has 0 aliphatic rings. The van der Waals surface area contributed by atoms with Gasteiger partial charge in [-0.3, -0.25) is 4.98 Å². The van der Waals surface area contributed by atoms with Gasteiger partial charge in [0.25, 0.3) is 0 Å². The predicted molar refractivity (Wildman–Crippen MR) is 117 cm³/mol. The van der Waals surface area contributed by atoms with Crippen molar-refractivity contribution in [1.29, 1.82) is 0 Å². The summed E-state index contributed by atoms with van der Waals surface area (Å²) in [7, 11) is 0. The predicted octanol–water partition coefficient (Wildman–Crippen LogP) is 7.24. The highest BCUT2D eigenvalue weighted by Gasteiger charge is 2.14. The molecule has 0 N–H and O–H groups in total. The van der Waals surface area contributed by atoms with Crippen LogP contribution >= 0.6 is 0 Å². The molecule has 28 heavy (non-hydrogen) atoms. The molecule has 5 aromatic rings. The number of benzene rings is 3. The molecular weight excluding hydrogens is 342 g/mol. The highest BCUT2D eigenvalue weighted by atomic mass is 16.3. The molecule has 2 heterocycles. The van der Waals surface area contributed by atoms with E-state index in [0.29, 0.717) is 0 Å². The third-order valence-electron chi connectivity index (χ3n) is 5.41. The van der Waals surface area contributed by atoms with E-state index >= 15 is 0 Å². The molecule has 3 aromatic carbocycles. The molecule has 2 aromatic heterocycles. The fraction of sp³-hybridized carbons (Fsp3) is 0.115. The van der Waals surface area contributed by atoms with E-state index in [1.54, 1.807) is 0 Å². The topological polar surface area (TPSA) is 26.0 Å². The van der Waals surface area contributed by atoms with Crippen LogP contribution in [0.3, 0.4) is 0 Å². The van der Waals surface area contributed by atoms with Crippen molar-refractivity contribution in [3.05, 3.63) is 89.6 Å². The Kier molecular flexibility index (Phi) is 3.80. The van der Waals surface area contributed by atoms with E-state index in [4.69, 9.17) is 4.42 Å². The van der Waals surface area contributed by atoms with E-state index < -0.39 is 0 Å². The van der Waals surface area contributed by atoms with Gasteiger partial charge in [-0.05, 0) is 67.3 Å². The van der Waals surface area contributed by atoms with Gasteiger partial charge in [-0.15, -0.1) is 0 Å². The van der Waals surface area contributed by atoms with Crippen molar-refractivity contribution in [2.75, 3.05) is 0 Å². The number of aryl methyl sites for hydroxylation is 3. The van der Waals surface area contributed by atoms with Gasteiger partial charge in [0.1, 0.15) is 11.2 Å². The Morgan fingerprint density at radius 3 is 2.32 bits per heavy atom. The number of furan rings is 1. The maximum absolute atomic E-state index is 6.21. The molecule has 0 unspecified atom stereocenters. The monoisotopic (exact) mass is 363 g/mol. The summed E-state index contributed by atoms with van der Waals surface area (Å²) >= 11 is 0. The third-order valence-corrected chi connectivity index (χ3v) is 5.41. The zero-order chi connectivity index (χ0) is 19.3. The number of pyridine rings is 1. The van der Waals surface area contributed by atoms with Crippen molar-refractivity contribution in [2.24, 2.45) is 0 Å². The minimum atomic E-state index is 0.894. The molecule has 0 saturated carbocycles. The number of fused-ring (bicyclic) bond motifs is 3. The molecule has 0 saturated heterocycles. The molecule has 0 fully saturated rings. The van der Waals surface area contributed by atoms with Crippen LogP contribution in [-0.2, 0) is 0 Å². The zero-order valence-electron chi connectivity index (χ0n) is 16.3. The van der Waals surface area contributed by atoms with Crippen LogP contribution in [0, 0.1) is 20.8 Å². The summed E-state index contributed by atoms with van der Waals surface area (Å²) < 4.78 is 6.21. The van der Waals surface area contributed by atoms with E-state index in [1.165, 1.54) is 27.8 Å². The van der Waals surface area contributed by atoms with Crippen LogP contribution in [-0.4, -0.2) is 4.98 Å². The van der Waals surface area contributed by atoms with Gasteiger partial charge in [0, 0.05) is 22.5 Å². The lowest BCUT2D eigenvalue weighted by atomic mass is 9.93. The first-order valence-corrected chi connectivity index (χ1v) is 9.57. The van der Waals surface area contributed by atoms with Gasteiger partial charge in [0.15, 0.2) is 0 Å². The summed E-state index contributed by atoms with van der Waals surface area (Å²) in [5.41, 5.74) is 10.1. The molecule has 0 amide bonds. The first-order valence-electron chi connectivity index (χ1n) is 9.57. The van der Waals surface area contributed by atoms with Crippen LogP contribution in [0.2, 0.25) is 0 Å². The van der Waals surface area contributed by atoms with E-state index in [-0.39, 0.29) is 0 Å². The van der Waals surface area contributed by atoms with Gasteiger partial charge < -0.3 is 4.42 Å². The standard InChI is InChI=1S/C26H21NO/c1-16-13-17(2)25(18(3)14-16)19-11-12-27-23(15-19)22-9-6-8-21-20-7-4-5-10-24(20)28-26(21)22/h4-15H,1-3H3. The van der Waals surface area contributed by atoms with Gasteiger partial charge in [0.2, 0.25) is 0 Å². The van der Waals surface area contributed by atoms with Gasteiger partial charge >= 0.3 is 0 Å². The second-order valence-electron chi connectivity index (χ2n) is 7.48. The van der Waals surface area contributed by atoms with Crippen molar-refractivity contribution in [3.8, 4) is 22.4 Å². The molecular formula is C26H21NO. The van der Waals surface area contributed by atoms with E-state index in [2.05, 4.69) is 74.3 Å². The van der Waals surface area contributed by atoms with Crippen LogP contribution in [0.4, 0.5) is 0 Å². The van der Waals surface area contributed by atoms with Gasteiger partial charge in [-0.2, -0.15) is 0 Å². The SMILES string of the molecule is Cc1cc(C)c(-c2ccnc(-c3cccc4c3oc3ccccc34)c2)c(C)c1. The third kappa shape index (κ3) is 2.61. The molecule has 2 heteroatoms. The second-order valence-corrected chi connectivity index (χ2v) is 7.48.